The van der Waals surface area contributed by atoms with Crippen molar-refractivity contribution >= 4 is 35.1 Å². The number of amides is 3. The first kappa shape index (κ1) is 29.5. The van der Waals surface area contributed by atoms with Crippen molar-refractivity contribution in [1.29, 1.82) is 0 Å². The van der Waals surface area contributed by atoms with Crippen molar-refractivity contribution in [3.63, 3.8) is 0 Å². The summed E-state index contributed by atoms with van der Waals surface area (Å²) in [5.41, 5.74) is 14.6. The van der Waals surface area contributed by atoms with Crippen molar-refractivity contribution in [3.8, 4) is 0 Å². The van der Waals surface area contributed by atoms with Gasteiger partial charge < -0.3 is 37.5 Å². The van der Waals surface area contributed by atoms with Gasteiger partial charge in [-0.25, -0.2) is 0 Å². The molecule has 37 heavy (non-hydrogen) atoms. The maximum absolute atomic E-state index is 13.8. The Labute approximate surface area is 215 Å². The molecule has 1 aliphatic rings. The van der Waals surface area contributed by atoms with Crippen LogP contribution in [-0.4, -0.2) is 72.0 Å². The molecule has 14 nitrogen and oxygen atoms in total. The van der Waals surface area contributed by atoms with Crippen LogP contribution in [0.2, 0.25) is 0 Å². The van der Waals surface area contributed by atoms with Crippen LogP contribution in [0, 0.1) is 10.1 Å². The Balaban J connectivity index is 2.46. The Hall–Kier alpha value is -3.78. The minimum atomic E-state index is -1.77. The summed E-state index contributed by atoms with van der Waals surface area (Å²) in [4.78, 5) is 55.0. The average Bonchev–Trinajstić information content (AvgIpc) is 2.89. The summed E-state index contributed by atoms with van der Waals surface area (Å²) < 4.78 is 5.85. The van der Waals surface area contributed by atoms with Gasteiger partial charge in [0.25, 0.3) is 11.6 Å². The Morgan fingerprint density at radius 3 is 2.38 bits per heavy atom. The summed E-state index contributed by atoms with van der Waals surface area (Å²) in [6, 6.07) is 4.99. The lowest BCUT2D eigenvalue weighted by atomic mass is 9.90. The van der Waals surface area contributed by atoms with Crippen molar-refractivity contribution in [2.24, 2.45) is 22.2 Å². The molecule has 1 aromatic rings. The van der Waals surface area contributed by atoms with Gasteiger partial charge in [0.05, 0.1) is 18.0 Å². The standard InChI is InChI=1S/C23H36N8O6/c1-37-23(12-5-13-27-22(25)26,21(34)29-16-8-10-18(11-9-16)31(35)36)30(17-6-3-2-4-7-17)20(33)15-28-19(32)14-24/h8-11,17H,2-7,12-15,24H2,1H3,(H,28,32)(H,29,34)(H4,25,26,27)/t23-/m1/s1. The van der Waals surface area contributed by atoms with E-state index >= 15 is 0 Å². The van der Waals surface area contributed by atoms with Gasteiger partial charge in [-0.3, -0.25) is 29.5 Å². The summed E-state index contributed by atoms with van der Waals surface area (Å²) in [5, 5.41) is 16.2. The number of nitrogens with two attached hydrogens (primary N) is 3. The number of nitrogens with zero attached hydrogens (tertiary/aromatic N) is 3. The molecule has 0 heterocycles. The lowest BCUT2D eigenvalue weighted by Gasteiger charge is -2.46. The monoisotopic (exact) mass is 520 g/mol. The number of non-ortho nitro benzene ring substituents is 1. The van der Waals surface area contributed by atoms with Gasteiger partial charge in [-0.2, -0.15) is 0 Å². The van der Waals surface area contributed by atoms with Gasteiger partial charge in [-0.05, 0) is 31.4 Å². The first-order valence-corrected chi connectivity index (χ1v) is 12.1. The summed E-state index contributed by atoms with van der Waals surface area (Å²) in [6.07, 6.45) is 4.38. The first-order chi connectivity index (χ1) is 17.6. The van der Waals surface area contributed by atoms with Gasteiger partial charge >= 0.3 is 0 Å². The smallest absolute Gasteiger partial charge is 0.277 e. The highest BCUT2D eigenvalue weighted by molar-refractivity contribution is 6.00. The number of nitro groups is 1. The predicted molar refractivity (Wildman–Crippen MR) is 137 cm³/mol. The molecule has 0 spiro atoms. The highest BCUT2D eigenvalue weighted by Gasteiger charge is 2.49. The largest absolute Gasteiger partial charge is 0.370 e. The summed E-state index contributed by atoms with van der Waals surface area (Å²) >= 11 is 0. The van der Waals surface area contributed by atoms with E-state index < -0.39 is 28.4 Å². The van der Waals surface area contributed by atoms with E-state index in [9.17, 15) is 24.5 Å². The van der Waals surface area contributed by atoms with Crippen LogP contribution in [-0.2, 0) is 19.1 Å². The summed E-state index contributed by atoms with van der Waals surface area (Å²) in [6.45, 7) is -0.462. The van der Waals surface area contributed by atoms with Crippen LogP contribution in [0.4, 0.5) is 11.4 Å². The molecule has 1 aliphatic carbocycles. The fourth-order valence-corrected chi connectivity index (χ4v) is 4.43. The number of ether oxygens (including phenoxy) is 1. The molecule has 14 heteroatoms. The van der Waals surface area contributed by atoms with Crippen LogP contribution in [0.3, 0.4) is 0 Å². The number of methoxy groups -OCH3 is 1. The SMILES string of the molecule is CO[C@](CCCN=C(N)N)(C(=O)Nc1ccc([N+](=O)[O-])cc1)N(C(=O)CNC(=O)CN)C1CCCCC1. The zero-order chi connectivity index (χ0) is 27.4. The van der Waals surface area contributed by atoms with E-state index in [0.29, 0.717) is 19.3 Å². The van der Waals surface area contributed by atoms with E-state index in [1.165, 1.54) is 36.3 Å². The molecule has 1 aromatic carbocycles. The number of carbonyl (C=O) groups is 3. The van der Waals surface area contributed by atoms with Crippen LogP contribution in [0.25, 0.3) is 0 Å². The van der Waals surface area contributed by atoms with Crippen molar-refractivity contribution in [2.45, 2.75) is 56.7 Å². The molecule has 0 radical (unpaired) electrons. The van der Waals surface area contributed by atoms with Crippen molar-refractivity contribution in [1.82, 2.24) is 10.2 Å². The van der Waals surface area contributed by atoms with E-state index in [-0.39, 0.29) is 49.4 Å². The maximum atomic E-state index is 13.8. The number of nitrogens with one attached hydrogen (secondary N) is 2. The molecule has 0 unspecified atom stereocenters. The Morgan fingerprint density at radius 2 is 1.84 bits per heavy atom. The number of rotatable bonds is 13. The molecule has 0 bridgehead atoms. The lowest BCUT2D eigenvalue weighted by Crippen LogP contribution is -2.65. The quantitative estimate of drug-likeness (QED) is 0.0596. The number of guanidine groups is 1. The molecular weight excluding hydrogens is 484 g/mol. The van der Waals surface area contributed by atoms with Gasteiger partial charge in [0.2, 0.25) is 17.5 Å². The fraction of sp³-hybridized carbons (Fsp3) is 0.565. The van der Waals surface area contributed by atoms with Crippen LogP contribution in [0.1, 0.15) is 44.9 Å². The average molecular weight is 521 g/mol. The van der Waals surface area contributed by atoms with Gasteiger partial charge in [-0.1, -0.05) is 19.3 Å². The first-order valence-electron chi connectivity index (χ1n) is 12.1. The number of hydrogen-bond acceptors (Lipinski definition) is 8. The van der Waals surface area contributed by atoms with Gasteiger partial charge in [0.15, 0.2) is 5.96 Å². The molecule has 1 atom stereocenters. The molecule has 0 saturated heterocycles. The van der Waals surface area contributed by atoms with Crippen LogP contribution >= 0.6 is 0 Å². The molecule has 204 valence electrons. The molecular formula is C23H36N8O6. The molecule has 0 aromatic heterocycles. The van der Waals surface area contributed by atoms with Crippen LogP contribution in [0.5, 0.6) is 0 Å². The zero-order valence-electron chi connectivity index (χ0n) is 21.0. The highest BCUT2D eigenvalue weighted by Crippen LogP contribution is 2.33. The fourth-order valence-electron chi connectivity index (χ4n) is 4.43. The number of aliphatic imine (C=N–C) groups is 1. The third-order valence-corrected chi connectivity index (χ3v) is 6.22. The Kier molecular flexibility index (Phi) is 11.2. The maximum Gasteiger partial charge on any atom is 0.277 e. The molecule has 1 fully saturated rings. The number of benzene rings is 1. The van der Waals surface area contributed by atoms with Gasteiger partial charge in [0.1, 0.15) is 0 Å². The van der Waals surface area contributed by atoms with E-state index in [0.717, 1.165) is 19.3 Å². The normalized spacial score (nSPS) is 15.2. The summed E-state index contributed by atoms with van der Waals surface area (Å²) in [7, 11) is 1.33. The van der Waals surface area contributed by atoms with E-state index in [4.69, 9.17) is 21.9 Å². The summed E-state index contributed by atoms with van der Waals surface area (Å²) in [5.74, 6) is -1.76. The van der Waals surface area contributed by atoms with Crippen molar-refractivity contribution in [3.05, 3.63) is 34.4 Å². The second-order valence-electron chi connectivity index (χ2n) is 8.69. The van der Waals surface area contributed by atoms with Crippen molar-refractivity contribution < 1.29 is 24.0 Å². The van der Waals surface area contributed by atoms with E-state index in [1.54, 1.807) is 0 Å². The Morgan fingerprint density at radius 1 is 1.19 bits per heavy atom. The Bertz CT molecular complexity index is 976. The van der Waals surface area contributed by atoms with E-state index in [1.807, 2.05) is 0 Å². The lowest BCUT2D eigenvalue weighted by molar-refractivity contribution is -0.384. The molecule has 8 N–H and O–H groups in total. The minimum absolute atomic E-state index is 0.0478. The third kappa shape index (κ3) is 8.11. The number of hydrogen-bond donors (Lipinski definition) is 5. The van der Waals surface area contributed by atoms with Crippen LogP contribution < -0.4 is 27.8 Å². The number of anilines is 1. The second-order valence-corrected chi connectivity index (χ2v) is 8.69. The molecule has 3 amide bonds. The highest BCUT2D eigenvalue weighted by atomic mass is 16.6. The number of carbonyl (C=O) groups excluding carboxylic acids is 3. The van der Waals surface area contributed by atoms with E-state index in [2.05, 4.69) is 15.6 Å². The molecule has 0 aliphatic heterocycles. The molecule has 1 saturated carbocycles. The van der Waals surface area contributed by atoms with Gasteiger partial charge in [0, 0.05) is 43.9 Å². The number of nitro benzene ring substituents is 1. The topological polar surface area (TPSA) is 221 Å². The van der Waals surface area contributed by atoms with Gasteiger partial charge in [-0.15, -0.1) is 0 Å². The van der Waals surface area contributed by atoms with Crippen molar-refractivity contribution in [2.75, 3.05) is 32.1 Å². The second kappa shape index (κ2) is 14.1. The minimum Gasteiger partial charge on any atom is -0.370 e. The predicted octanol–water partition coefficient (Wildman–Crippen LogP) is 0.166. The van der Waals surface area contributed by atoms with Crippen LogP contribution in [0.15, 0.2) is 29.3 Å². The zero-order valence-corrected chi connectivity index (χ0v) is 21.0. The third-order valence-electron chi connectivity index (χ3n) is 6.22. The molecule has 2 rings (SSSR count).